The number of thiazole rings is 1. The fourth-order valence-electron chi connectivity index (χ4n) is 2.78. The van der Waals surface area contributed by atoms with E-state index in [-0.39, 0.29) is 12.5 Å². The number of hydrogen-bond donors (Lipinski definition) is 1. The second kappa shape index (κ2) is 8.58. The average Bonchev–Trinajstić information content (AvgIpc) is 3.04. The third-order valence-corrected chi connectivity index (χ3v) is 5.11. The Balaban J connectivity index is 1.57. The molecule has 2 aromatic carbocycles. The molecule has 0 unspecified atom stereocenters. The molecule has 0 fully saturated rings. The van der Waals surface area contributed by atoms with E-state index in [0.29, 0.717) is 19.4 Å². The lowest BCUT2D eigenvalue weighted by molar-refractivity contribution is -0.144. The maximum Gasteiger partial charge on any atom is 0.323 e. The van der Waals surface area contributed by atoms with Gasteiger partial charge >= 0.3 is 5.97 Å². The minimum atomic E-state index is -1.000. The maximum absolute atomic E-state index is 12.5. The highest BCUT2D eigenvalue weighted by Crippen LogP contribution is 2.22. The Bertz CT molecular complexity index is 859. The number of carbonyl (C=O) groups is 2. The van der Waals surface area contributed by atoms with Crippen molar-refractivity contribution in [2.75, 3.05) is 6.54 Å². The number of nitrogens with zero attached hydrogens (tertiary/aromatic N) is 2. The van der Waals surface area contributed by atoms with Crippen molar-refractivity contribution in [1.29, 1.82) is 0 Å². The van der Waals surface area contributed by atoms with Crippen molar-refractivity contribution in [2.24, 2.45) is 0 Å². The Hall–Kier alpha value is -2.73. The van der Waals surface area contributed by atoms with Crippen LogP contribution in [0.15, 0.2) is 54.6 Å². The SMILES string of the molecule is O=C(O)CN(Cc1ccccc1)C(=O)CCCc1nc2ccccc2s1. The lowest BCUT2D eigenvalue weighted by Gasteiger charge is -2.20. The maximum atomic E-state index is 12.5. The normalized spacial score (nSPS) is 10.8. The monoisotopic (exact) mass is 368 g/mol. The lowest BCUT2D eigenvalue weighted by Crippen LogP contribution is -2.35. The first-order chi connectivity index (χ1) is 12.6. The lowest BCUT2D eigenvalue weighted by atomic mass is 10.2. The first-order valence-corrected chi connectivity index (χ1v) is 9.31. The molecule has 0 atom stereocenters. The molecule has 5 nitrogen and oxygen atoms in total. The summed E-state index contributed by atoms with van der Waals surface area (Å²) in [6.45, 7) is 0.0297. The summed E-state index contributed by atoms with van der Waals surface area (Å²) in [5.41, 5.74) is 1.91. The number of aliphatic carboxylic acids is 1. The fraction of sp³-hybridized carbons (Fsp3) is 0.250. The van der Waals surface area contributed by atoms with Gasteiger partial charge in [0.15, 0.2) is 0 Å². The smallest absolute Gasteiger partial charge is 0.323 e. The number of amides is 1. The van der Waals surface area contributed by atoms with Gasteiger partial charge in [0.25, 0.3) is 0 Å². The molecule has 26 heavy (non-hydrogen) atoms. The molecule has 1 N–H and O–H groups in total. The van der Waals surface area contributed by atoms with Gasteiger partial charge in [-0.2, -0.15) is 0 Å². The number of carboxylic acid groups (broad SMARTS) is 1. The number of hydrogen-bond acceptors (Lipinski definition) is 4. The molecule has 0 bridgehead atoms. The summed E-state index contributed by atoms with van der Waals surface area (Å²) in [7, 11) is 0. The van der Waals surface area contributed by atoms with Gasteiger partial charge in [0.2, 0.25) is 5.91 Å². The molecule has 0 aliphatic heterocycles. The molecule has 3 rings (SSSR count). The van der Waals surface area contributed by atoms with Crippen LogP contribution in [0.3, 0.4) is 0 Å². The van der Waals surface area contributed by atoms with Crippen LogP contribution in [0.1, 0.15) is 23.4 Å². The summed E-state index contributed by atoms with van der Waals surface area (Å²) in [6.07, 6.45) is 1.69. The molecule has 1 heterocycles. The predicted molar refractivity (Wildman–Crippen MR) is 102 cm³/mol. The second-order valence-electron chi connectivity index (χ2n) is 6.06. The molecule has 0 aliphatic rings. The summed E-state index contributed by atoms with van der Waals surface area (Å²) in [6, 6.07) is 17.4. The van der Waals surface area contributed by atoms with Gasteiger partial charge in [0, 0.05) is 13.0 Å². The number of fused-ring (bicyclic) bond motifs is 1. The van der Waals surface area contributed by atoms with Crippen molar-refractivity contribution in [1.82, 2.24) is 9.88 Å². The molecule has 0 saturated carbocycles. The molecule has 0 spiro atoms. The minimum Gasteiger partial charge on any atom is -0.480 e. The zero-order valence-electron chi connectivity index (χ0n) is 14.3. The van der Waals surface area contributed by atoms with Crippen LogP contribution in [-0.4, -0.2) is 33.4 Å². The Labute approximate surface area is 155 Å². The first-order valence-electron chi connectivity index (χ1n) is 8.50. The van der Waals surface area contributed by atoms with E-state index in [1.807, 2.05) is 54.6 Å². The molecular weight excluding hydrogens is 348 g/mol. The van der Waals surface area contributed by atoms with Crippen LogP contribution >= 0.6 is 11.3 Å². The zero-order valence-corrected chi connectivity index (χ0v) is 15.1. The van der Waals surface area contributed by atoms with Crippen LogP contribution in [0.2, 0.25) is 0 Å². The average molecular weight is 368 g/mol. The highest BCUT2D eigenvalue weighted by atomic mass is 32.1. The third kappa shape index (κ3) is 4.89. The summed E-state index contributed by atoms with van der Waals surface area (Å²) in [4.78, 5) is 29.6. The zero-order chi connectivity index (χ0) is 18.4. The summed E-state index contributed by atoms with van der Waals surface area (Å²) in [5, 5.41) is 10.1. The van der Waals surface area contributed by atoms with E-state index in [1.165, 1.54) is 4.90 Å². The van der Waals surface area contributed by atoms with E-state index in [9.17, 15) is 9.59 Å². The van der Waals surface area contributed by atoms with Gasteiger partial charge in [-0.3, -0.25) is 9.59 Å². The molecule has 0 saturated heterocycles. The molecule has 1 aromatic heterocycles. The number of carbonyl (C=O) groups excluding carboxylic acids is 1. The first kappa shape index (κ1) is 18.1. The summed E-state index contributed by atoms with van der Waals surface area (Å²) in [5.74, 6) is -1.14. The van der Waals surface area contributed by atoms with E-state index in [1.54, 1.807) is 11.3 Å². The van der Waals surface area contributed by atoms with Gasteiger partial charge in [-0.1, -0.05) is 42.5 Å². The highest BCUT2D eigenvalue weighted by molar-refractivity contribution is 7.18. The van der Waals surface area contributed by atoms with Crippen molar-refractivity contribution in [2.45, 2.75) is 25.8 Å². The Kier molecular flexibility index (Phi) is 5.96. The van der Waals surface area contributed by atoms with E-state index in [4.69, 9.17) is 5.11 Å². The Morgan fingerprint density at radius 1 is 1.04 bits per heavy atom. The largest absolute Gasteiger partial charge is 0.480 e. The molecular formula is C20H20N2O3S. The van der Waals surface area contributed by atoms with Crippen LogP contribution < -0.4 is 0 Å². The van der Waals surface area contributed by atoms with Crippen molar-refractivity contribution in [3.8, 4) is 0 Å². The molecule has 134 valence electrons. The third-order valence-electron chi connectivity index (χ3n) is 4.01. The Morgan fingerprint density at radius 3 is 2.50 bits per heavy atom. The van der Waals surface area contributed by atoms with Gasteiger partial charge in [-0.05, 0) is 30.5 Å². The van der Waals surface area contributed by atoms with Crippen LogP contribution in [0, 0.1) is 0 Å². The van der Waals surface area contributed by atoms with Crippen molar-refractivity contribution in [3.63, 3.8) is 0 Å². The Morgan fingerprint density at radius 2 is 1.77 bits per heavy atom. The van der Waals surface area contributed by atoms with Gasteiger partial charge in [0.1, 0.15) is 6.54 Å². The van der Waals surface area contributed by atoms with Crippen molar-refractivity contribution >= 4 is 33.4 Å². The molecule has 6 heteroatoms. The van der Waals surface area contributed by atoms with Crippen LogP contribution in [0.25, 0.3) is 10.2 Å². The number of para-hydroxylation sites is 1. The van der Waals surface area contributed by atoms with E-state index in [2.05, 4.69) is 4.98 Å². The number of aromatic nitrogens is 1. The van der Waals surface area contributed by atoms with Gasteiger partial charge in [-0.15, -0.1) is 11.3 Å². The fourth-order valence-corrected chi connectivity index (χ4v) is 3.78. The van der Waals surface area contributed by atoms with Gasteiger partial charge in [-0.25, -0.2) is 4.98 Å². The number of benzene rings is 2. The van der Waals surface area contributed by atoms with Gasteiger partial charge in [0.05, 0.1) is 15.2 Å². The second-order valence-corrected chi connectivity index (χ2v) is 7.17. The van der Waals surface area contributed by atoms with E-state index in [0.717, 1.165) is 27.2 Å². The number of carboxylic acids is 1. The van der Waals surface area contributed by atoms with Crippen LogP contribution in [-0.2, 0) is 22.6 Å². The highest BCUT2D eigenvalue weighted by Gasteiger charge is 2.17. The topological polar surface area (TPSA) is 70.5 Å². The summed E-state index contributed by atoms with van der Waals surface area (Å²) < 4.78 is 1.14. The quantitative estimate of drug-likeness (QED) is 0.658. The predicted octanol–water partition coefficient (Wildman–Crippen LogP) is 3.73. The van der Waals surface area contributed by atoms with E-state index < -0.39 is 5.97 Å². The van der Waals surface area contributed by atoms with Crippen LogP contribution in [0.5, 0.6) is 0 Å². The van der Waals surface area contributed by atoms with Crippen molar-refractivity contribution in [3.05, 3.63) is 65.2 Å². The number of aryl methyl sites for hydroxylation is 1. The molecule has 1 amide bonds. The standard InChI is InChI=1S/C20H20N2O3S/c23-19(22(14-20(24)25)13-15-7-2-1-3-8-15)12-6-11-18-21-16-9-4-5-10-17(16)26-18/h1-5,7-10H,6,11-14H2,(H,24,25). The molecule has 0 aliphatic carbocycles. The van der Waals surface area contributed by atoms with Crippen molar-refractivity contribution < 1.29 is 14.7 Å². The molecule has 3 aromatic rings. The van der Waals surface area contributed by atoms with Gasteiger partial charge < -0.3 is 10.0 Å². The summed E-state index contributed by atoms with van der Waals surface area (Å²) >= 11 is 1.64. The minimum absolute atomic E-state index is 0.141. The van der Waals surface area contributed by atoms with Crippen LogP contribution in [0.4, 0.5) is 0 Å². The molecule has 0 radical (unpaired) electrons. The van der Waals surface area contributed by atoms with E-state index >= 15 is 0 Å². The number of rotatable bonds is 8.